The van der Waals surface area contributed by atoms with Gasteiger partial charge in [-0.05, 0) is 13.5 Å². The van der Waals surface area contributed by atoms with Crippen LogP contribution in [0.5, 0.6) is 0 Å². The predicted octanol–water partition coefficient (Wildman–Crippen LogP) is -0.338. The minimum atomic E-state index is 0.786. The zero-order valence-corrected chi connectivity index (χ0v) is 5.72. The Balaban J connectivity index is 1.94. The van der Waals surface area contributed by atoms with Crippen molar-refractivity contribution in [1.82, 2.24) is 10.2 Å². The van der Waals surface area contributed by atoms with Gasteiger partial charge in [-0.3, -0.25) is 0 Å². The van der Waals surface area contributed by atoms with Gasteiger partial charge in [-0.15, -0.1) is 0 Å². The molecule has 2 heterocycles. The number of rotatable bonds is 0. The highest BCUT2D eigenvalue weighted by Gasteiger charge is 2.70. The molecule has 0 bridgehead atoms. The summed E-state index contributed by atoms with van der Waals surface area (Å²) in [6.45, 7) is 2.61. The van der Waals surface area contributed by atoms with Crippen molar-refractivity contribution in [3.8, 4) is 0 Å². The topological polar surface area (TPSA) is 15.3 Å². The number of hydrogen-bond acceptors (Lipinski definition) is 2. The van der Waals surface area contributed by atoms with E-state index in [-0.39, 0.29) is 0 Å². The van der Waals surface area contributed by atoms with Crippen molar-refractivity contribution in [2.75, 3.05) is 20.1 Å². The van der Waals surface area contributed by atoms with E-state index in [0.717, 1.165) is 17.5 Å². The van der Waals surface area contributed by atoms with Gasteiger partial charge in [0.05, 0.1) is 0 Å². The number of hydrogen-bond donors (Lipinski definition) is 1. The fourth-order valence-corrected chi connectivity index (χ4v) is 2.76. The summed E-state index contributed by atoms with van der Waals surface area (Å²) in [6, 6.07) is 1.82. The molecule has 3 aliphatic rings. The SMILES string of the molecule is CN1CC23CC2NCC13. The number of likely N-dealkylation sites (N-methyl/N-ethyl adjacent to an activating group) is 1. The van der Waals surface area contributed by atoms with Crippen LogP contribution >= 0.6 is 0 Å². The van der Waals surface area contributed by atoms with Crippen LogP contribution in [0.3, 0.4) is 0 Å². The third-order valence-corrected chi connectivity index (χ3v) is 3.42. The predicted molar refractivity (Wildman–Crippen MR) is 35.3 cm³/mol. The Morgan fingerprint density at radius 3 is 3.00 bits per heavy atom. The molecule has 1 spiro atoms. The Labute approximate surface area is 55.2 Å². The number of likely N-dealkylation sites (tertiary alicyclic amines) is 1. The van der Waals surface area contributed by atoms with Gasteiger partial charge in [-0.25, -0.2) is 0 Å². The molecule has 3 fully saturated rings. The monoisotopic (exact) mass is 124 g/mol. The number of nitrogens with zero attached hydrogens (tertiary/aromatic N) is 1. The Hall–Kier alpha value is -0.0800. The lowest BCUT2D eigenvalue weighted by atomic mass is 9.87. The van der Waals surface area contributed by atoms with Crippen molar-refractivity contribution in [1.29, 1.82) is 0 Å². The molecular weight excluding hydrogens is 112 g/mol. The second kappa shape index (κ2) is 1.06. The summed E-state index contributed by atoms with van der Waals surface area (Å²) >= 11 is 0. The summed E-state index contributed by atoms with van der Waals surface area (Å²) in [7, 11) is 2.23. The third kappa shape index (κ3) is 0.332. The smallest absolute Gasteiger partial charge is 0.0302 e. The highest BCUT2D eigenvalue weighted by atomic mass is 15.3. The summed E-state index contributed by atoms with van der Waals surface area (Å²) in [6.07, 6.45) is 1.46. The molecule has 1 aliphatic carbocycles. The van der Waals surface area contributed by atoms with Gasteiger partial charge in [0.15, 0.2) is 0 Å². The first kappa shape index (κ1) is 4.69. The van der Waals surface area contributed by atoms with Crippen molar-refractivity contribution >= 4 is 0 Å². The standard InChI is InChI=1S/C7H12N2/c1-9-4-7-2-5(7)8-3-6(7)9/h5-6,8H,2-4H2,1H3. The maximum Gasteiger partial charge on any atom is 0.0302 e. The quantitative estimate of drug-likeness (QED) is 0.475. The molecule has 3 atom stereocenters. The van der Waals surface area contributed by atoms with Gasteiger partial charge >= 0.3 is 0 Å². The Morgan fingerprint density at radius 1 is 1.67 bits per heavy atom. The molecule has 2 nitrogen and oxygen atoms in total. The van der Waals surface area contributed by atoms with Crippen molar-refractivity contribution < 1.29 is 0 Å². The normalized spacial score (nSPS) is 62.3. The molecule has 0 amide bonds. The molecule has 3 rings (SSSR count). The Kier molecular flexibility index (Phi) is 0.552. The van der Waals surface area contributed by atoms with Crippen molar-refractivity contribution in [2.24, 2.45) is 5.41 Å². The highest BCUT2D eigenvalue weighted by Crippen LogP contribution is 2.60. The van der Waals surface area contributed by atoms with Crippen molar-refractivity contribution in [3.05, 3.63) is 0 Å². The molecule has 9 heavy (non-hydrogen) atoms. The maximum absolute atomic E-state index is 3.54. The summed E-state index contributed by atoms with van der Waals surface area (Å²) in [4.78, 5) is 2.47. The minimum Gasteiger partial charge on any atom is -0.312 e. The number of piperidine rings is 1. The van der Waals surface area contributed by atoms with Crippen LogP contribution in [-0.2, 0) is 0 Å². The van der Waals surface area contributed by atoms with E-state index in [0.29, 0.717) is 0 Å². The van der Waals surface area contributed by atoms with Crippen LogP contribution in [-0.4, -0.2) is 37.1 Å². The largest absolute Gasteiger partial charge is 0.312 e. The van der Waals surface area contributed by atoms with Crippen LogP contribution in [0, 0.1) is 5.41 Å². The van der Waals surface area contributed by atoms with Gasteiger partial charge in [-0.1, -0.05) is 0 Å². The summed E-state index contributed by atoms with van der Waals surface area (Å²) in [5.41, 5.74) is 0.786. The summed E-state index contributed by atoms with van der Waals surface area (Å²) in [5.74, 6) is 0. The highest BCUT2D eigenvalue weighted by molar-refractivity contribution is 5.26. The van der Waals surface area contributed by atoms with Gasteiger partial charge in [0.2, 0.25) is 0 Å². The molecule has 1 N–H and O–H groups in total. The van der Waals surface area contributed by atoms with Crippen LogP contribution in [0.25, 0.3) is 0 Å². The first-order chi connectivity index (χ1) is 4.33. The van der Waals surface area contributed by atoms with E-state index < -0.39 is 0 Å². The molecule has 2 aliphatic heterocycles. The lowest BCUT2D eigenvalue weighted by Gasteiger charge is -2.44. The Morgan fingerprint density at radius 2 is 2.56 bits per heavy atom. The van der Waals surface area contributed by atoms with Crippen molar-refractivity contribution in [2.45, 2.75) is 18.5 Å². The fourth-order valence-electron chi connectivity index (χ4n) is 2.76. The van der Waals surface area contributed by atoms with E-state index in [1.807, 2.05) is 0 Å². The average molecular weight is 124 g/mol. The van der Waals surface area contributed by atoms with Gasteiger partial charge < -0.3 is 10.2 Å². The molecule has 0 radical (unpaired) electrons. The van der Waals surface area contributed by atoms with Crippen LogP contribution in [0.1, 0.15) is 6.42 Å². The maximum atomic E-state index is 3.54. The average Bonchev–Trinajstić information content (AvgIpc) is 2.41. The zero-order chi connectivity index (χ0) is 6.06. The van der Waals surface area contributed by atoms with Gasteiger partial charge in [0, 0.05) is 30.6 Å². The minimum absolute atomic E-state index is 0.786. The fraction of sp³-hybridized carbons (Fsp3) is 1.00. The second-order valence-electron chi connectivity index (χ2n) is 3.83. The lowest BCUT2D eigenvalue weighted by Crippen LogP contribution is -2.56. The molecular formula is C7H12N2. The van der Waals surface area contributed by atoms with E-state index >= 15 is 0 Å². The number of nitrogens with one attached hydrogen (secondary N) is 1. The zero-order valence-electron chi connectivity index (χ0n) is 5.72. The van der Waals surface area contributed by atoms with E-state index in [4.69, 9.17) is 0 Å². The van der Waals surface area contributed by atoms with E-state index in [2.05, 4.69) is 17.3 Å². The van der Waals surface area contributed by atoms with Crippen LogP contribution in [0.15, 0.2) is 0 Å². The van der Waals surface area contributed by atoms with Crippen LogP contribution in [0.4, 0.5) is 0 Å². The van der Waals surface area contributed by atoms with E-state index in [9.17, 15) is 0 Å². The molecule has 50 valence electrons. The third-order valence-electron chi connectivity index (χ3n) is 3.42. The first-order valence-electron chi connectivity index (χ1n) is 3.76. The van der Waals surface area contributed by atoms with E-state index in [1.165, 1.54) is 19.5 Å². The van der Waals surface area contributed by atoms with Gasteiger partial charge in [0.1, 0.15) is 0 Å². The van der Waals surface area contributed by atoms with Crippen LogP contribution in [0.2, 0.25) is 0 Å². The van der Waals surface area contributed by atoms with E-state index in [1.54, 1.807) is 0 Å². The molecule has 0 aromatic carbocycles. The molecule has 0 aromatic rings. The van der Waals surface area contributed by atoms with Gasteiger partial charge in [-0.2, -0.15) is 0 Å². The van der Waals surface area contributed by atoms with Crippen LogP contribution < -0.4 is 5.32 Å². The molecule has 1 saturated carbocycles. The summed E-state index contributed by atoms with van der Waals surface area (Å²) in [5, 5.41) is 3.54. The second-order valence-corrected chi connectivity index (χ2v) is 3.83. The lowest BCUT2D eigenvalue weighted by molar-refractivity contribution is 0.0441. The summed E-state index contributed by atoms with van der Waals surface area (Å²) < 4.78 is 0. The molecule has 2 heteroatoms. The molecule has 0 aromatic heterocycles. The van der Waals surface area contributed by atoms with Gasteiger partial charge in [0.25, 0.3) is 0 Å². The molecule has 2 saturated heterocycles. The van der Waals surface area contributed by atoms with Crippen molar-refractivity contribution in [3.63, 3.8) is 0 Å². The Bertz CT molecular complexity index is 166. The molecule has 3 unspecified atom stereocenters. The first-order valence-corrected chi connectivity index (χ1v) is 3.76.